The Labute approximate surface area is 268 Å². The van der Waals surface area contributed by atoms with Gasteiger partial charge < -0.3 is 20.1 Å². The molecule has 0 aliphatic carbocycles. The summed E-state index contributed by atoms with van der Waals surface area (Å²) in [5, 5.41) is 6.05. The van der Waals surface area contributed by atoms with Crippen LogP contribution < -0.4 is 20.1 Å². The molecule has 0 aliphatic heterocycles. The minimum absolute atomic E-state index is 0.152. The molecule has 44 heavy (non-hydrogen) atoms. The predicted molar refractivity (Wildman–Crippen MR) is 180 cm³/mol. The molecule has 2 amide bonds. The zero-order chi connectivity index (χ0) is 31.3. The zero-order valence-corrected chi connectivity index (χ0v) is 27.3. The highest BCUT2D eigenvalue weighted by Gasteiger charge is 2.15. The first-order valence-electron chi connectivity index (χ1n) is 14.8. The van der Waals surface area contributed by atoms with E-state index in [1.807, 2.05) is 97.1 Å². The van der Waals surface area contributed by atoms with Gasteiger partial charge in [-0.05, 0) is 71.5 Å². The highest BCUT2D eigenvalue weighted by atomic mass is 33.1. The molecule has 0 bridgehead atoms. The minimum Gasteiger partial charge on any atom is -0.493 e. The molecule has 0 unspecified atom stereocenters. The molecule has 0 aromatic heterocycles. The van der Waals surface area contributed by atoms with Gasteiger partial charge in [0.15, 0.2) is 0 Å². The maximum absolute atomic E-state index is 13.1. The summed E-state index contributed by atoms with van der Waals surface area (Å²) >= 11 is 0. The summed E-state index contributed by atoms with van der Waals surface area (Å²) in [4.78, 5) is 27.9. The van der Waals surface area contributed by atoms with E-state index in [1.165, 1.54) is 21.6 Å². The van der Waals surface area contributed by atoms with Crippen molar-refractivity contribution in [2.24, 2.45) is 11.8 Å². The fourth-order valence-corrected chi connectivity index (χ4v) is 6.39. The molecule has 4 rings (SSSR count). The molecule has 0 fully saturated rings. The summed E-state index contributed by atoms with van der Waals surface area (Å²) in [6, 6.07) is 30.6. The van der Waals surface area contributed by atoms with Crippen LogP contribution in [0.5, 0.6) is 11.5 Å². The van der Waals surface area contributed by atoms with Crippen molar-refractivity contribution in [1.82, 2.24) is 10.6 Å². The van der Waals surface area contributed by atoms with Gasteiger partial charge >= 0.3 is 0 Å². The summed E-state index contributed by atoms with van der Waals surface area (Å²) in [6.07, 6.45) is 0. The average Bonchev–Trinajstić information content (AvgIpc) is 3.04. The standard InChI is InChI=1S/C36H40N2O4S2/c1-25(2)23-41-29-17-13-27(14-18-29)21-37-35(39)31-9-5-7-11-33(31)43-44-34-12-8-6-10-32(34)36(40)38-22-28-15-19-30(20-16-28)42-24-26(3)4/h5-20,25-26H,21-24H2,1-4H3,(H,37,39)(H,38,40). The van der Waals surface area contributed by atoms with Gasteiger partial charge in [0, 0.05) is 22.9 Å². The van der Waals surface area contributed by atoms with Gasteiger partial charge in [-0.2, -0.15) is 0 Å². The van der Waals surface area contributed by atoms with Gasteiger partial charge in [-0.1, -0.05) is 97.8 Å². The lowest BCUT2D eigenvalue weighted by Gasteiger charge is -2.13. The SMILES string of the molecule is CC(C)COc1ccc(CNC(=O)c2ccccc2SSc2ccccc2C(=O)NCc2ccc(OCC(C)C)cc2)cc1. The van der Waals surface area contributed by atoms with E-state index < -0.39 is 0 Å². The van der Waals surface area contributed by atoms with E-state index in [0.717, 1.165) is 32.4 Å². The van der Waals surface area contributed by atoms with Gasteiger partial charge in [0.05, 0.1) is 24.3 Å². The van der Waals surface area contributed by atoms with Crippen LogP contribution in [0.3, 0.4) is 0 Å². The lowest BCUT2D eigenvalue weighted by molar-refractivity contribution is 0.0940. The molecular formula is C36H40N2O4S2. The number of hydrogen-bond acceptors (Lipinski definition) is 6. The predicted octanol–water partition coefficient (Wildman–Crippen LogP) is 8.42. The van der Waals surface area contributed by atoms with Crippen molar-refractivity contribution in [1.29, 1.82) is 0 Å². The number of rotatable bonds is 15. The summed E-state index contributed by atoms with van der Waals surface area (Å²) in [5.74, 6) is 2.26. The van der Waals surface area contributed by atoms with Crippen molar-refractivity contribution in [3.05, 3.63) is 119 Å². The highest BCUT2D eigenvalue weighted by Crippen LogP contribution is 2.40. The number of benzene rings is 4. The minimum atomic E-state index is -0.152. The first-order valence-corrected chi connectivity index (χ1v) is 17.0. The van der Waals surface area contributed by atoms with Crippen LogP contribution >= 0.6 is 21.6 Å². The number of hydrogen-bond donors (Lipinski definition) is 2. The maximum Gasteiger partial charge on any atom is 0.252 e. The maximum atomic E-state index is 13.1. The van der Waals surface area contributed by atoms with Crippen molar-refractivity contribution in [3.8, 4) is 11.5 Å². The fraction of sp³-hybridized carbons (Fsp3) is 0.278. The molecule has 2 N–H and O–H groups in total. The fourth-order valence-electron chi connectivity index (χ4n) is 4.03. The van der Waals surface area contributed by atoms with Crippen LogP contribution in [0.25, 0.3) is 0 Å². The summed E-state index contributed by atoms with van der Waals surface area (Å²) in [7, 11) is 2.92. The Hall–Kier alpha value is -3.88. The molecule has 8 heteroatoms. The number of carbonyl (C=O) groups excluding carboxylic acids is 2. The van der Waals surface area contributed by atoms with Gasteiger partial charge in [-0.15, -0.1) is 0 Å². The largest absolute Gasteiger partial charge is 0.493 e. The third-order valence-corrected chi connectivity index (χ3v) is 8.89. The summed E-state index contributed by atoms with van der Waals surface area (Å²) < 4.78 is 11.5. The molecule has 0 spiro atoms. The second-order valence-corrected chi connectivity index (χ2v) is 13.4. The second-order valence-electron chi connectivity index (χ2n) is 11.2. The van der Waals surface area contributed by atoms with E-state index in [1.54, 1.807) is 0 Å². The lowest BCUT2D eigenvalue weighted by atomic mass is 10.2. The van der Waals surface area contributed by atoms with Crippen LogP contribution in [0.4, 0.5) is 0 Å². The smallest absolute Gasteiger partial charge is 0.252 e. The molecule has 4 aromatic carbocycles. The Morgan fingerprint density at radius 2 is 0.932 bits per heavy atom. The summed E-state index contributed by atoms with van der Waals surface area (Å²) in [6.45, 7) is 10.6. The van der Waals surface area contributed by atoms with Crippen LogP contribution in [0.2, 0.25) is 0 Å². The van der Waals surface area contributed by atoms with Crippen LogP contribution in [0, 0.1) is 11.8 Å². The van der Waals surface area contributed by atoms with Crippen molar-refractivity contribution in [2.45, 2.75) is 50.6 Å². The molecular weight excluding hydrogens is 589 g/mol. The second kappa shape index (κ2) is 16.8. The molecule has 0 radical (unpaired) electrons. The Kier molecular flexibility index (Phi) is 12.6. The van der Waals surface area contributed by atoms with Crippen molar-refractivity contribution in [2.75, 3.05) is 13.2 Å². The third-order valence-electron chi connectivity index (χ3n) is 6.40. The van der Waals surface area contributed by atoms with Crippen molar-refractivity contribution >= 4 is 33.4 Å². The quantitative estimate of drug-likeness (QED) is 0.129. The van der Waals surface area contributed by atoms with Crippen LogP contribution in [-0.4, -0.2) is 25.0 Å². The van der Waals surface area contributed by atoms with E-state index in [0.29, 0.717) is 49.3 Å². The van der Waals surface area contributed by atoms with E-state index >= 15 is 0 Å². The van der Waals surface area contributed by atoms with E-state index in [2.05, 4.69) is 38.3 Å². The monoisotopic (exact) mass is 628 g/mol. The van der Waals surface area contributed by atoms with Gasteiger partial charge in [-0.25, -0.2) is 0 Å². The molecule has 0 saturated carbocycles. The van der Waals surface area contributed by atoms with Gasteiger partial charge in [0.2, 0.25) is 0 Å². The molecule has 0 saturated heterocycles. The topological polar surface area (TPSA) is 76.7 Å². The molecule has 0 atom stereocenters. The van der Waals surface area contributed by atoms with E-state index in [9.17, 15) is 9.59 Å². The van der Waals surface area contributed by atoms with Crippen LogP contribution in [0.1, 0.15) is 59.5 Å². The van der Waals surface area contributed by atoms with Crippen LogP contribution in [0.15, 0.2) is 107 Å². The molecule has 230 valence electrons. The lowest BCUT2D eigenvalue weighted by Crippen LogP contribution is -2.23. The molecule has 0 aliphatic rings. The van der Waals surface area contributed by atoms with E-state index in [-0.39, 0.29) is 11.8 Å². The van der Waals surface area contributed by atoms with Gasteiger partial charge in [0.1, 0.15) is 11.5 Å². The van der Waals surface area contributed by atoms with Gasteiger partial charge in [-0.3, -0.25) is 9.59 Å². The van der Waals surface area contributed by atoms with Crippen molar-refractivity contribution < 1.29 is 19.1 Å². The summed E-state index contributed by atoms with van der Waals surface area (Å²) in [5.41, 5.74) is 3.16. The zero-order valence-electron chi connectivity index (χ0n) is 25.7. The van der Waals surface area contributed by atoms with Crippen LogP contribution in [-0.2, 0) is 13.1 Å². The number of nitrogens with one attached hydrogen (secondary N) is 2. The third kappa shape index (κ3) is 10.4. The highest BCUT2D eigenvalue weighted by molar-refractivity contribution is 8.76. The number of amides is 2. The molecule has 6 nitrogen and oxygen atoms in total. The number of ether oxygens (including phenoxy) is 2. The molecule has 0 heterocycles. The Balaban J connectivity index is 1.32. The van der Waals surface area contributed by atoms with Gasteiger partial charge in [0.25, 0.3) is 11.8 Å². The average molecular weight is 629 g/mol. The first kappa shape index (κ1) is 33.0. The normalized spacial score (nSPS) is 11.0. The van der Waals surface area contributed by atoms with E-state index in [4.69, 9.17) is 9.47 Å². The number of carbonyl (C=O) groups is 2. The van der Waals surface area contributed by atoms with Crippen molar-refractivity contribution in [3.63, 3.8) is 0 Å². The first-order chi connectivity index (χ1) is 21.3. The Bertz CT molecular complexity index is 1390. The Morgan fingerprint density at radius 1 is 0.568 bits per heavy atom. The Morgan fingerprint density at radius 3 is 1.30 bits per heavy atom. The molecule has 4 aromatic rings.